The average molecular weight is 315 g/mol. The van der Waals surface area contributed by atoms with Crippen molar-refractivity contribution in [1.82, 2.24) is 9.88 Å². The number of nitriles is 1. The molecule has 2 unspecified atom stereocenters. The number of fused-ring (bicyclic) bond motifs is 2. The van der Waals surface area contributed by atoms with Gasteiger partial charge in [0.05, 0.1) is 11.3 Å². The number of rotatable bonds is 3. The Morgan fingerprint density at radius 3 is 2.71 bits per heavy atom. The summed E-state index contributed by atoms with van der Waals surface area (Å²) in [6.07, 6.45) is 8.95. The molecule has 3 heterocycles. The van der Waals surface area contributed by atoms with Gasteiger partial charge >= 0.3 is 0 Å². The van der Waals surface area contributed by atoms with Crippen LogP contribution in [0.1, 0.15) is 42.5 Å². The summed E-state index contributed by atoms with van der Waals surface area (Å²) in [5.41, 5.74) is 4.40. The van der Waals surface area contributed by atoms with Gasteiger partial charge in [0.15, 0.2) is 0 Å². The van der Waals surface area contributed by atoms with Gasteiger partial charge in [0.2, 0.25) is 0 Å². The molecule has 0 radical (unpaired) electrons. The molecule has 2 aliphatic heterocycles. The largest absolute Gasteiger partial charge is 0.289 e. The maximum Gasteiger partial charge on any atom is 0.101 e. The second kappa shape index (κ2) is 6.59. The molecule has 1 aromatic heterocycles. The van der Waals surface area contributed by atoms with Crippen molar-refractivity contribution in [2.24, 2.45) is 0 Å². The van der Waals surface area contributed by atoms with Crippen LogP contribution in [0.3, 0.4) is 0 Å². The molecule has 24 heavy (non-hydrogen) atoms. The van der Waals surface area contributed by atoms with E-state index < -0.39 is 0 Å². The van der Waals surface area contributed by atoms with E-state index in [2.05, 4.69) is 52.4 Å². The Kier molecular flexibility index (Phi) is 4.15. The van der Waals surface area contributed by atoms with Gasteiger partial charge in [0.25, 0.3) is 0 Å². The van der Waals surface area contributed by atoms with Crippen LogP contribution in [0.5, 0.6) is 0 Å². The third-order valence-corrected chi connectivity index (χ3v) is 5.21. The number of benzene rings is 1. The van der Waals surface area contributed by atoms with Crippen molar-refractivity contribution >= 4 is 5.57 Å². The third kappa shape index (κ3) is 2.98. The first-order valence-electron chi connectivity index (χ1n) is 8.70. The molecular weight excluding hydrogens is 294 g/mol. The van der Waals surface area contributed by atoms with Crippen molar-refractivity contribution in [2.45, 2.75) is 44.3 Å². The normalized spacial score (nSPS) is 23.4. The number of aromatic nitrogens is 1. The molecule has 3 heteroatoms. The molecule has 3 nitrogen and oxygen atoms in total. The van der Waals surface area contributed by atoms with Crippen LogP contribution in [0.2, 0.25) is 0 Å². The van der Waals surface area contributed by atoms with E-state index in [1.807, 2.05) is 12.1 Å². The Balaban J connectivity index is 1.58. The van der Waals surface area contributed by atoms with E-state index in [-0.39, 0.29) is 0 Å². The highest BCUT2D eigenvalue weighted by Crippen LogP contribution is 2.37. The minimum Gasteiger partial charge on any atom is -0.289 e. The van der Waals surface area contributed by atoms with Crippen LogP contribution in [0, 0.1) is 11.3 Å². The molecule has 0 N–H and O–H groups in total. The molecular formula is C21H21N3. The minimum atomic E-state index is 0.505. The molecule has 2 bridgehead atoms. The molecule has 0 amide bonds. The van der Waals surface area contributed by atoms with E-state index in [0.29, 0.717) is 17.6 Å². The second-order valence-electron chi connectivity index (χ2n) is 6.75. The van der Waals surface area contributed by atoms with Gasteiger partial charge in [0, 0.05) is 24.8 Å². The number of hydrogen-bond acceptors (Lipinski definition) is 3. The van der Waals surface area contributed by atoms with Crippen molar-refractivity contribution in [3.8, 4) is 6.07 Å². The van der Waals surface area contributed by atoms with E-state index >= 15 is 0 Å². The monoisotopic (exact) mass is 315 g/mol. The summed E-state index contributed by atoms with van der Waals surface area (Å²) in [6, 6.07) is 17.9. The smallest absolute Gasteiger partial charge is 0.101 e. The van der Waals surface area contributed by atoms with Gasteiger partial charge in [-0.3, -0.25) is 9.88 Å². The second-order valence-corrected chi connectivity index (χ2v) is 6.75. The van der Waals surface area contributed by atoms with Gasteiger partial charge in [-0.1, -0.05) is 42.8 Å². The van der Waals surface area contributed by atoms with Crippen molar-refractivity contribution in [1.29, 1.82) is 5.26 Å². The molecule has 120 valence electrons. The summed E-state index contributed by atoms with van der Waals surface area (Å²) in [7, 11) is 0. The van der Waals surface area contributed by atoms with Crippen LogP contribution in [0.25, 0.3) is 5.57 Å². The average Bonchev–Trinajstić information content (AvgIpc) is 2.62. The first-order valence-corrected chi connectivity index (χ1v) is 8.70. The predicted molar refractivity (Wildman–Crippen MR) is 95.0 cm³/mol. The van der Waals surface area contributed by atoms with Crippen LogP contribution >= 0.6 is 0 Å². The van der Waals surface area contributed by atoms with Gasteiger partial charge in [0.1, 0.15) is 6.07 Å². The van der Waals surface area contributed by atoms with Gasteiger partial charge in [-0.25, -0.2) is 0 Å². The van der Waals surface area contributed by atoms with Crippen LogP contribution in [0.4, 0.5) is 0 Å². The lowest BCUT2D eigenvalue weighted by Crippen LogP contribution is -2.47. The maximum absolute atomic E-state index is 8.93. The summed E-state index contributed by atoms with van der Waals surface area (Å²) in [5.74, 6) is 0. The molecule has 1 saturated heterocycles. The fourth-order valence-electron chi connectivity index (χ4n) is 4.00. The Bertz CT molecular complexity index is 771. The summed E-state index contributed by atoms with van der Waals surface area (Å²) in [5, 5.41) is 8.93. The van der Waals surface area contributed by atoms with Gasteiger partial charge < -0.3 is 0 Å². The highest BCUT2D eigenvalue weighted by atomic mass is 15.2. The molecule has 0 saturated carbocycles. The third-order valence-electron chi connectivity index (χ3n) is 5.21. The molecule has 2 atom stereocenters. The van der Waals surface area contributed by atoms with Crippen LogP contribution < -0.4 is 0 Å². The predicted octanol–water partition coefficient (Wildman–Crippen LogP) is 4.16. The molecule has 1 fully saturated rings. The highest BCUT2D eigenvalue weighted by Gasteiger charge is 2.34. The number of nitrogens with zero attached hydrogens (tertiary/aromatic N) is 3. The number of hydrogen-bond donors (Lipinski definition) is 0. The summed E-state index contributed by atoms with van der Waals surface area (Å²) in [4.78, 5) is 7.16. The maximum atomic E-state index is 8.93. The molecule has 4 rings (SSSR count). The first kappa shape index (κ1) is 15.1. The topological polar surface area (TPSA) is 39.9 Å². The Morgan fingerprint density at radius 2 is 2.00 bits per heavy atom. The van der Waals surface area contributed by atoms with Crippen LogP contribution in [-0.4, -0.2) is 22.0 Å². The SMILES string of the molecule is N#Cc1ccc(C2=CC3CCCC(C2)N3Cc2ccccc2)nc1. The summed E-state index contributed by atoms with van der Waals surface area (Å²) >= 11 is 0. The zero-order chi connectivity index (χ0) is 16.4. The van der Waals surface area contributed by atoms with Crippen molar-refractivity contribution in [3.63, 3.8) is 0 Å². The molecule has 2 aromatic rings. The van der Waals surface area contributed by atoms with Gasteiger partial charge in [-0.05, 0) is 42.5 Å². The minimum absolute atomic E-state index is 0.505. The fourth-order valence-corrected chi connectivity index (χ4v) is 4.00. The Hall–Kier alpha value is -2.44. The lowest BCUT2D eigenvalue weighted by molar-refractivity contribution is 0.0950. The lowest BCUT2D eigenvalue weighted by atomic mass is 9.83. The van der Waals surface area contributed by atoms with E-state index in [4.69, 9.17) is 5.26 Å². The van der Waals surface area contributed by atoms with E-state index in [1.165, 1.54) is 30.4 Å². The van der Waals surface area contributed by atoms with Crippen molar-refractivity contribution in [2.75, 3.05) is 0 Å². The lowest BCUT2D eigenvalue weighted by Gasteiger charge is -2.45. The van der Waals surface area contributed by atoms with Gasteiger partial charge in [-0.2, -0.15) is 5.26 Å². The number of pyridine rings is 1. The quantitative estimate of drug-likeness (QED) is 0.853. The van der Waals surface area contributed by atoms with Crippen LogP contribution in [0.15, 0.2) is 54.7 Å². The Morgan fingerprint density at radius 1 is 1.12 bits per heavy atom. The fraction of sp³-hybridized carbons (Fsp3) is 0.333. The summed E-state index contributed by atoms with van der Waals surface area (Å²) in [6.45, 7) is 1.03. The molecule has 2 aliphatic rings. The van der Waals surface area contributed by atoms with Crippen molar-refractivity contribution < 1.29 is 0 Å². The Labute approximate surface area is 143 Å². The van der Waals surface area contributed by atoms with E-state index in [1.54, 1.807) is 6.20 Å². The highest BCUT2D eigenvalue weighted by molar-refractivity contribution is 5.65. The van der Waals surface area contributed by atoms with E-state index in [0.717, 1.165) is 18.7 Å². The summed E-state index contributed by atoms with van der Waals surface area (Å²) < 4.78 is 0. The standard InChI is InChI=1S/C21H21N3/c22-13-17-9-10-21(23-14-17)18-11-19-7-4-8-20(12-18)24(19)15-16-5-2-1-3-6-16/h1-3,5-6,9-11,14,19-20H,4,7-8,12,15H2. The zero-order valence-electron chi connectivity index (χ0n) is 13.7. The van der Waals surface area contributed by atoms with Crippen molar-refractivity contribution in [3.05, 3.63) is 71.6 Å². The number of piperidine rings is 1. The molecule has 0 aliphatic carbocycles. The van der Waals surface area contributed by atoms with Gasteiger partial charge in [-0.15, -0.1) is 0 Å². The van der Waals surface area contributed by atoms with Crippen LogP contribution in [-0.2, 0) is 6.54 Å². The molecule has 0 spiro atoms. The first-order chi connectivity index (χ1) is 11.8. The zero-order valence-corrected chi connectivity index (χ0v) is 13.7. The van der Waals surface area contributed by atoms with E-state index in [9.17, 15) is 0 Å². The molecule has 1 aromatic carbocycles.